The fourth-order valence-corrected chi connectivity index (χ4v) is 2.31. The average Bonchev–Trinajstić information content (AvgIpc) is 2.51. The molecule has 0 unspecified atom stereocenters. The average molecular weight is 360 g/mol. The van der Waals surface area contributed by atoms with E-state index in [0.29, 0.717) is 5.56 Å². The first-order valence-corrected chi connectivity index (χ1v) is 7.01. The van der Waals surface area contributed by atoms with E-state index < -0.39 is 30.8 Å². The maximum absolute atomic E-state index is 12.3. The molecule has 3 N–H and O–H groups in total. The smallest absolute Gasteiger partial charge is 0.422 e. The van der Waals surface area contributed by atoms with Crippen molar-refractivity contribution >= 4 is 12.0 Å². The van der Waals surface area contributed by atoms with E-state index in [1.165, 1.54) is 32.2 Å². The van der Waals surface area contributed by atoms with Gasteiger partial charge in [-0.05, 0) is 24.6 Å². The van der Waals surface area contributed by atoms with Gasteiger partial charge in [0.1, 0.15) is 0 Å². The number of allylic oxidation sites excluding steroid dienone is 1. The summed E-state index contributed by atoms with van der Waals surface area (Å²) in [6, 6.07) is 2.33. The zero-order chi connectivity index (χ0) is 18.8. The molecule has 1 heterocycles. The van der Waals surface area contributed by atoms with Gasteiger partial charge in [0, 0.05) is 5.70 Å². The zero-order valence-corrected chi connectivity index (χ0v) is 13.2. The number of phenols is 1. The molecular formula is C15H15F3N2O5. The molecule has 1 atom stereocenters. The molecule has 2 amide bonds. The number of ether oxygens (including phenoxy) is 2. The van der Waals surface area contributed by atoms with Gasteiger partial charge in [-0.25, -0.2) is 9.59 Å². The third-order valence-electron chi connectivity index (χ3n) is 3.39. The van der Waals surface area contributed by atoms with Crippen LogP contribution in [-0.2, 0) is 9.53 Å². The number of amides is 2. The van der Waals surface area contributed by atoms with Crippen LogP contribution in [0, 0.1) is 0 Å². The molecule has 1 aromatic carbocycles. The minimum Gasteiger partial charge on any atom is -0.504 e. The normalized spacial score (nSPS) is 17.6. The van der Waals surface area contributed by atoms with E-state index in [9.17, 15) is 27.9 Å². The molecule has 25 heavy (non-hydrogen) atoms. The van der Waals surface area contributed by atoms with E-state index >= 15 is 0 Å². The second-order valence-corrected chi connectivity index (χ2v) is 5.19. The van der Waals surface area contributed by atoms with Crippen LogP contribution in [0.25, 0.3) is 0 Å². The highest BCUT2D eigenvalue weighted by Crippen LogP contribution is 2.34. The number of aromatic hydroxyl groups is 1. The number of esters is 1. The Labute approximate surface area is 140 Å². The van der Waals surface area contributed by atoms with Crippen LogP contribution >= 0.6 is 0 Å². The molecular weight excluding hydrogens is 345 g/mol. The Hall–Kier alpha value is -2.91. The molecule has 7 nitrogen and oxygen atoms in total. The molecule has 0 aliphatic carbocycles. The number of nitrogens with one attached hydrogen (secondary N) is 2. The maximum Gasteiger partial charge on any atom is 0.422 e. The molecule has 0 saturated carbocycles. The van der Waals surface area contributed by atoms with Crippen molar-refractivity contribution in [1.29, 1.82) is 0 Å². The number of methoxy groups -OCH3 is 1. The molecule has 136 valence electrons. The van der Waals surface area contributed by atoms with Crippen LogP contribution < -0.4 is 15.4 Å². The molecule has 0 bridgehead atoms. The fraction of sp³-hybridized carbons (Fsp3) is 0.333. The molecule has 0 saturated heterocycles. The number of hydrogen-bond donors (Lipinski definition) is 3. The SMILES string of the molecule is COc1cc([C@@H]2NC(=O)NC(C)=C2C(=O)OCC(F)(F)F)ccc1O. The first kappa shape index (κ1) is 18.4. The van der Waals surface area contributed by atoms with Crippen molar-refractivity contribution in [1.82, 2.24) is 10.6 Å². The van der Waals surface area contributed by atoms with Crippen molar-refractivity contribution in [2.75, 3.05) is 13.7 Å². The summed E-state index contributed by atoms with van der Waals surface area (Å²) in [5.74, 6) is -1.32. The monoisotopic (exact) mass is 360 g/mol. The summed E-state index contributed by atoms with van der Waals surface area (Å²) in [5.41, 5.74) is 0.201. The van der Waals surface area contributed by atoms with Crippen LogP contribution in [0.4, 0.5) is 18.0 Å². The molecule has 0 fully saturated rings. The van der Waals surface area contributed by atoms with Crippen molar-refractivity contribution in [3.8, 4) is 11.5 Å². The van der Waals surface area contributed by atoms with Crippen LogP contribution in [-0.4, -0.2) is 37.0 Å². The predicted molar refractivity (Wildman–Crippen MR) is 78.8 cm³/mol. The number of hydrogen-bond acceptors (Lipinski definition) is 5. The number of urea groups is 1. The molecule has 1 aromatic rings. The first-order chi connectivity index (χ1) is 11.6. The molecule has 0 radical (unpaired) electrons. The van der Waals surface area contributed by atoms with Gasteiger partial charge in [0.25, 0.3) is 0 Å². The van der Waals surface area contributed by atoms with Gasteiger partial charge in [-0.3, -0.25) is 0 Å². The Morgan fingerprint density at radius 2 is 2.04 bits per heavy atom. The summed E-state index contributed by atoms with van der Waals surface area (Å²) in [6.45, 7) is -0.379. The highest BCUT2D eigenvalue weighted by Gasteiger charge is 2.35. The van der Waals surface area contributed by atoms with E-state index in [-0.39, 0.29) is 22.8 Å². The van der Waals surface area contributed by atoms with Crippen LogP contribution in [0.3, 0.4) is 0 Å². The predicted octanol–water partition coefficient (Wildman–Crippen LogP) is 2.13. The van der Waals surface area contributed by atoms with Crippen LogP contribution in [0.1, 0.15) is 18.5 Å². The van der Waals surface area contributed by atoms with Gasteiger partial charge in [0.2, 0.25) is 0 Å². The summed E-state index contributed by atoms with van der Waals surface area (Å²) in [6.07, 6.45) is -4.67. The largest absolute Gasteiger partial charge is 0.504 e. The van der Waals surface area contributed by atoms with Gasteiger partial charge in [0.15, 0.2) is 18.1 Å². The second kappa shape index (κ2) is 6.91. The Balaban J connectivity index is 2.38. The summed E-state index contributed by atoms with van der Waals surface area (Å²) < 4.78 is 46.1. The van der Waals surface area contributed by atoms with Crippen molar-refractivity contribution in [3.05, 3.63) is 35.0 Å². The Morgan fingerprint density at radius 1 is 1.36 bits per heavy atom. The lowest BCUT2D eigenvalue weighted by Gasteiger charge is -2.28. The number of phenolic OH excluding ortho intramolecular Hbond substituents is 1. The number of carbonyl (C=O) groups excluding carboxylic acids is 2. The number of rotatable bonds is 4. The molecule has 0 spiro atoms. The zero-order valence-electron chi connectivity index (χ0n) is 13.2. The lowest BCUT2D eigenvalue weighted by molar-refractivity contribution is -0.183. The van der Waals surface area contributed by atoms with Gasteiger partial charge >= 0.3 is 18.2 Å². The van der Waals surface area contributed by atoms with Gasteiger partial charge in [-0.1, -0.05) is 6.07 Å². The van der Waals surface area contributed by atoms with Crippen LogP contribution in [0.15, 0.2) is 29.5 Å². The maximum atomic E-state index is 12.3. The Bertz CT molecular complexity index is 730. The lowest BCUT2D eigenvalue weighted by atomic mass is 9.95. The standard InChI is InChI=1S/C15H15F3N2O5/c1-7-11(13(22)25-6-15(16,17)18)12(20-14(23)19-7)8-3-4-9(21)10(5-8)24-2/h3-5,12,21H,6H2,1-2H3,(H2,19,20,23)/t12-/m0/s1. The van der Waals surface area contributed by atoms with Gasteiger partial charge < -0.3 is 25.2 Å². The number of carbonyl (C=O) groups is 2. The van der Waals surface area contributed by atoms with Crippen molar-refractivity contribution in [2.45, 2.75) is 19.1 Å². The summed E-state index contributed by atoms with van der Waals surface area (Å²) in [5, 5.41) is 14.4. The topological polar surface area (TPSA) is 96.9 Å². The Kier molecular flexibility index (Phi) is 5.10. The van der Waals surface area contributed by atoms with Crippen molar-refractivity contribution in [2.24, 2.45) is 0 Å². The number of alkyl halides is 3. The summed E-state index contributed by atoms with van der Waals surface area (Å²) >= 11 is 0. The van der Waals surface area contributed by atoms with Crippen molar-refractivity contribution < 1.29 is 37.3 Å². The molecule has 10 heteroatoms. The fourth-order valence-electron chi connectivity index (χ4n) is 2.31. The Morgan fingerprint density at radius 3 is 2.64 bits per heavy atom. The van der Waals surface area contributed by atoms with Crippen LogP contribution in [0.5, 0.6) is 11.5 Å². The highest BCUT2D eigenvalue weighted by molar-refractivity contribution is 5.95. The quantitative estimate of drug-likeness (QED) is 0.715. The second-order valence-electron chi connectivity index (χ2n) is 5.19. The van der Waals surface area contributed by atoms with E-state index in [4.69, 9.17) is 4.74 Å². The highest BCUT2D eigenvalue weighted by atomic mass is 19.4. The minimum absolute atomic E-state index is 0.0629. The van der Waals surface area contributed by atoms with Gasteiger partial charge in [0.05, 0.1) is 18.7 Å². The third-order valence-corrected chi connectivity index (χ3v) is 3.39. The van der Waals surface area contributed by atoms with Gasteiger partial charge in [-0.2, -0.15) is 13.2 Å². The molecule has 0 aromatic heterocycles. The molecule has 2 rings (SSSR count). The first-order valence-electron chi connectivity index (χ1n) is 7.01. The van der Waals surface area contributed by atoms with E-state index in [2.05, 4.69) is 15.4 Å². The van der Waals surface area contributed by atoms with E-state index in [1.807, 2.05) is 0 Å². The molecule has 1 aliphatic heterocycles. The van der Waals surface area contributed by atoms with E-state index in [1.54, 1.807) is 0 Å². The van der Waals surface area contributed by atoms with E-state index in [0.717, 1.165) is 0 Å². The van der Waals surface area contributed by atoms with Gasteiger partial charge in [-0.15, -0.1) is 0 Å². The summed E-state index contributed by atoms with van der Waals surface area (Å²) in [4.78, 5) is 23.8. The van der Waals surface area contributed by atoms with Crippen LogP contribution in [0.2, 0.25) is 0 Å². The number of halogens is 3. The third kappa shape index (κ3) is 4.34. The summed E-state index contributed by atoms with van der Waals surface area (Å²) in [7, 11) is 1.30. The lowest BCUT2D eigenvalue weighted by Crippen LogP contribution is -2.45. The van der Waals surface area contributed by atoms with Crippen molar-refractivity contribution in [3.63, 3.8) is 0 Å². The number of benzene rings is 1. The minimum atomic E-state index is -4.67. The molecule has 1 aliphatic rings.